The Morgan fingerprint density at radius 1 is 1.18 bits per heavy atom. The lowest BCUT2D eigenvalue weighted by molar-refractivity contribution is -0.139. The first-order valence-corrected chi connectivity index (χ1v) is 7.60. The first kappa shape index (κ1) is 18.0. The second-order valence-corrected chi connectivity index (χ2v) is 5.45. The standard InChI is InChI=1S/C17H25NO4/c1-4-17(5-2,12-16(20)21)18-15(19)11-8-13-6-9-14(22-3)10-7-13/h6-7,9-10H,4-5,8,11-12H2,1-3H3,(H,18,19)(H,20,21). The van der Waals surface area contributed by atoms with Crippen LogP contribution >= 0.6 is 0 Å². The Labute approximate surface area is 131 Å². The molecule has 5 nitrogen and oxygen atoms in total. The van der Waals surface area contributed by atoms with E-state index in [0.717, 1.165) is 11.3 Å². The summed E-state index contributed by atoms with van der Waals surface area (Å²) in [5.41, 5.74) is 0.399. The molecule has 0 heterocycles. The number of aryl methyl sites for hydroxylation is 1. The Bertz CT molecular complexity index is 492. The van der Waals surface area contributed by atoms with Crippen molar-refractivity contribution >= 4 is 11.9 Å². The molecular formula is C17H25NO4. The third kappa shape index (κ3) is 5.39. The molecule has 0 atom stereocenters. The van der Waals surface area contributed by atoms with Gasteiger partial charge in [0.2, 0.25) is 5.91 Å². The second-order valence-electron chi connectivity index (χ2n) is 5.45. The molecule has 0 bridgehead atoms. The molecule has 2 N–H and O–H groups in total. The lowest BCUT2D eigenvalue weighted by Gasteiger charge is -2.31. The lowest BCUT2D eigenvalue weighted by Crippen LogP contribution is -2.49. The number of aliphatic carboxylic acids is 1. The Morgan fingerprint density at radius 3 is 2.23 bits per heavy atom. The number of carboxylic acids is 1. The monoisotopic (exact) mass is 307 g/mol. The second kappa shape index (κ2) is 8.41. The minimum absolute atomic E-state index is 0.0473. The summed E-state index contributed by atoms with van der Waals surface area (Å²) in [7, 11) is 1.61. The van der Waals surface area contributed by atoms with Gasteiger partial charge in [-0.1, -0.05) is 26.0 Å². The average Bonchev–Trinajstić information content (AvgIpc) is 2.52. The molecule has 0 aliphatic heterocycles. The number of carboxylic acid groups (broad SMARTS) is 1. The van der Waals surface area contributed by atoms with Crippen LogP contribution in [0.3, 0.4) is 0 Å². The fourth-order valence-electron chi connectivity index (χ4n) is 2.42. The van der Waals surface area contributed by atoms with E-state index in [9.17, 15) is 9.59 Å². The maximum Gasteiger partial charge on any atom is 0.305 e. The van der Waals surface area contributed by atoms with Gasteiger partial charge >= 0.3 is 5.97 Å². The quantitative estimate of drug-likeness (QED) is 0.735. The van der Waals surface area contributed by atoms with E-state index < -0.39 is 11.5 Å². The van der Waals surface area contributed by atoms with Crippen LogP contribution in [0.2, 0.25) is 0 Å². The Hall–Kier alpha value is -2.04. The van der Waals surface area contributed by atoms with Crippen molar-refractivity contribution in [1.29, 1.82) is 0 Å². The summed E-state index contributed by atoms with van der Waals surface area (Å²) in [6.07, 6.45) is 2.11. The summed E-state index contributed by atoms with van der Waals surface area (Å²) in [5, 5.41) is 11.9. The maximum absolute atomic E-state index is 12.1. The molecule has 0 saturated carbocycles. The number of rotatable bonds is 9. The molecule has 1 rings (SSSR count). The molecule has 0 saturated heterocycles. The molecule has 0 fully saturated rings. The Morgan fingerprint density at radius 2 is 1.77 bits per heavy atom. The van der Waals surface area contributed by atoms with Crippen molar-refractivity contribution in [2.45, 2.75) is 51.5 Å². The van der Waals surface area contributed by atoms with Crippen LogP contribution in [-0.4, -0.2) is 29.6 Å². The molecule has 122 valence electrons. The van der Waals surface area contributed by atoms with E-state index in [-0.39, 0.29) is 12.3 Å². The van der Waals surface area contributed by atoms with Gasteiger partial charge < -0.3 is 15.2 Å². The summed E-state index contributed by atoms with van der Waals surface area (Å²) < 4.78 is 5.09. The number of hydrogen-bond donors (Lipinski definition) is 2. The average molecular weight is 307 g/mol. The summed E-state index contributed by atoms with van der Waals surface area (Å²) >= 11 is 0. The van der Waals surface area contributed by atoms with Gasteiger partial charge in [-0.3, -0.25) is 9.59 Å². The van der Waals surface area contributed by atoms with Gasteiger partial charge in [0, 0.05) is 12.0 Å². The van der Waals surface area contributed by atoms with Crippen LogP contribution in [0.5, 0.6) is 5.75 Å². The molecule has 1 amide bonds. The van der Waals surface area contributed by atoms with Gasteiger partial charge in [-0.05, 0) is 37.0 Å². The molecule has 22 heavy (non-hydrogen) atoms. The van der Waals surface area contributed by atoms with Crippen LogP contribution in [0.1, 0.15) is 45.1 Å². The number of carbonyl (C=O) groups excluding carboxylic acids is 1. The first-order chi connectivity index (χ1) is 10.4. The number of nitrogens with one attached hydrogen (secondary N) is 1. The van der Waals surface area contributed by atoms with Crippen LogP contribution in [0.15, 0.2) is 24.3 Å². The fourth-order valence-corrected chi connectivity index (χ4v) is 2.42. The number of ether oxygens (including phenoxy) is 1. The third-order valence-corrected chi connectivity index (χ3v) is 4.05. The molecule has 0 radical (unpaired) electrons. The maximum atomic E-state index is 12.1. The van der Waals surface area contributed by atoms with E-state index >= 15 is 0 Å². The molecule has 0 aliphatic rings. The van der Waals surface area contributed by atoms with Crippen molar-refractivity contribution in [1.82, 2.24) is 5.32 Å². The number of benzene rings is 1. The van der Waals surface area contributed by atoms with Gasteiger partial charge in [0.15, 0.2) is 0 Å². The molecular weight excluding hydrogens is 282 g/mol. The van der Waals surface area contributed by atoms with Crippen molar-refractivity contribution < 1.29 is 19.4 Å². The highest BCUT2D eigenvalue weighted by atomic mass is 16.5. The molecule has 1 aromatic carbocycles. The molecule has 1 aromatic rings. The molecule has 0 spiro atoms. The first-order valence-electron chi connectivity index (χ1n) is 7.60. The van der Waals surface area contributed by atoms with E-state index in [0.29, 0.717) is 25.7 Å². The highest BCUT2D eigenvalue weighted by Gasteiger charge is 2.30. The van der Waals surface area contributed by atoms with Crippen LogP contribution in [0.4, 0.5) is 0 Å². The predicted molar refractivity (Wildman–Crippen MR) is 85.0 cm³/mol. The zero-order chi connectivity index (χ0) is 16.6. The normalized spacial score (nSPS) is 11.0. The summed E-state index contributed by atoms with van der Waals surface area (Å²) in [6.45, 7) is 3.80. The van der Waals surface area contributed by atoms with Crippen LogP contribution in [0.25, 0.3) is 0 Å². The molecule has 5 heteroatoms. The van der Waals surface area contributed by atoms with E-state index in [1.807, 2.05) is 38.1 Å². The minimum Gasteiger partial charge on any atom is -0.497 e. The van der Waals surface area contributed by atoms with Gasteiger partial charge in [0.05, 0.1) is 13.5 Å². The predicted octanol–water partition coefficient (Wildman–Crippen LogP) is 2.78. The van der Waals surface area contributed by atoms with E-state index in [1.54, 1.807) is 7.11 Å². The topological polar surface area (TPSA) is 75.6 Å². The number of carbonyl (C=O) groups is 2. The van der Waals surface area contributed by atoms with E-state index in [1.165, 1.54) is 0 Å². The Kier molecular flexibility index (Phi) is 6.89. The van der Waals surface area contributed by atoms with Gasteiger partial charge in [-0.15, -0.1) is 0 Å². The zero-order valence-corrected chi connectivity index (χ0v) is 13.5. The molecule has 0 unspecified atom stereocenters. The largest absolute Gasteiger partial charge is 0.497 e. The smallest absolute Gasteiger partial charge is 0.305 e. The number of hydrogen-bond acceptors (Lipinski definition) is 3. The van der Waals surface area contributed by atoms with Gasteiger partial charge in [-0.2, -0.15) is 0 Å². The fraction of sp³-hybridized carbons (Fsp3) is 0.529. The lowest BCUT2D eigenvalue weighted by atomic mass is 9.88. The van der Waals surface area contributed by atoms with Crippen LogP contribution in [-0.2, 0) is 16.0 Å². The van der Waals surface area contributed by atoms with Crippen molar-refractivity contribution in [2.24, 2.45) is 0 Å². The summed E-state index contributed by atoms with van der Waals surface area (Å²) in [6, 6.07) is 7.58. The van der Waals surface area contributed by atoms with Crippen LogP contribution in [0, 0.1) is 0 Å². The highest BCUT2D eigenvalue weighted by Crippen LogP contribution is 2.20. The Balaban J connectivity index is 2.57. The SMILES string of the molecule is CCC(CC)(CC(=O)O)NC(=O)CCc1ccc(OC)cc1. The summed E-state index contributed by atoms with van der Waals surface area (Å²) in [5.74, 6) is -0.217. The zero-order valence-electron chi connectivity index (χ0n) is 13.5. The molecule has 0 aliphatic carbocycles. The van der Waals surface area contributed by atoms with E-state index in [4.69, 9.17) is 9.84 Å². The van der Waals surface area contributed by atoms with Crippen molar-refractivity contribution in [3.8, 4) is 5.75 Å². The van der Waals surface area contributed by atoms with Gasteiger partial charge in [0.25, 0.3) is 0 Å². The van der Waals surface area contributed by atoms with Crippen LogP contribution < -0.4 is 10.1 Å². The van der Waals surface area contributed by atoms with Crippen molar-refractivity contribution in [3.63, 3.8) is 0 Å². The van der Waals surface area contributed by atoms with E-state index in [2.05, 4.69) is 5.32 Å². The van der Waals surface area contributed by atoms with Gasteiger partial charge in [-0.25, -0.2) is 0 Å². The van der Waals surface area contributed by atoms with Crippen molar-refractivity contribution in [3.05, 3.63) is 29.8 Å². The number of amides is 1. The van der Waals surface area contributed by atoms with Crippen molar-refractivity contribution in [2.75, 3.05) is 7.11 Å². The molecule has 0 aromatic heterocycles. The van der Waals surface area contributed by atoms with Gasteiger partial charge in [0.1, 0.15) is 5.75 Å². The minimum atomic E-state index is -0.890. The third-order valence-electron chi connectivity index (χ3n) is 4.05. The highest BCUT2D eigenvalue weighted by molar-refractivity contribution is 5.78. The number of methoxy groups -OCH3 is 1. The summed E-state index contributed by atoms with van der Waals surface area (Å²) in [4.78, 5) is 23.1.